The Hall–Kier alpha value is -1.97. The lowest BCUT2D eigenvalue weighted by atomic mass is 9.86. The van der Waals surface area contributed by atoms with Gasteiger partial charge in [0.1, 0.15) is 11.3 Å². The minimum absolute atomic E-state index is 0.148. The van der Waals surface area contributed by atoms with Gasteiger partial charge in [-0.2, -0.15) is 0 Å². The smallest absolute Gasteiger partial charge is 0.336 e. The van der Waals surface area contributed by atoms with Crippen LogP contribution in [0.25, 0.3) is 10.9 Å². The molecule has 1 aromatic heterocycles. The Morgan fingerprint density at radius 1 is 1.25 bits per heavy atom. The molecule has 4 heteroatoms. The molecule has 0 bridgehead atoms. The van der Waals surface area contributed by atoms with Crippen LogP contribution in [-0.4, -0.2) is 16.1 Å². The number of carboxylic acid groups (broad SMARTS) is 1. The Labute approximate surface area is 116 Å². The number of benzene rings is 1. The molecule has 0 spiro atoms. The highest BCUT2D eigenvalue weighted by atomic mass is 19.1. The molecule has 2 aromatic rings. The molecule has 104 valence electrons. The van der Waals surface area contributed by atoms with Gasteiger partial charge < -0.3 is 5.11 Å². The number of halogens is 1. The molecule has 0 radical (unpaired) electrons. The van der Waals surface area contributed by atoms with E-state index in [1.54, 1.807) is 12.1 Å². The summed E-state index contributed by atoms with van der Waals surface area (Å²) in [5, 5.41) is 9.72. The molecule has 1 aliphatic carbocycles. The van der Waals surface area contributed by atoms with E-state index in [4.69, 9.17) is 0 Å². The fourth-order valence-corrected chi connectivity index (χ4v) is 3.02. The molecule has 3 rings (SSSR count). The van der Waals surface area contributed by atoms with Crippen molar-refractivity contribution < 1.29 is 14.3 Å². The van der Waals surface area contributed by atoms with E-state index >= 15 is 0 Å². The van der Waals surface area contributed by atoms with Crippen molar-refractivity contribution in [2.24, 2.45) is 0 Å². The molecule has 0 amide bonds. The number of hydrogen-bond donors (Lipinski definition) is 1. The van der Waals surface area contributed by atoms with Crippen LogP contribution in [0.2, 0.25) is 0 Å². The summed E-state index contributed by atoms with van der Waals surface area (Å²) in [5.74, 6) is -1.23. The molecule has 1 saturated carbocycles. The summed E-state index contributed by atoms with van der Waals surface area (Å²) in [7, 11) is 0. The lowest BCUT2D eigenvalue weighted by Gasteiger charge is -2.21. The van der Waals surface area contributed by atoms with Crippen molar-refractivity contribution in [1.29, 1.82) is 0 Å². The second-order valence-electron chi connectivity index (χ2n) is 5.37. The Morgan fingerprint density at radius 2 is 2.00 bits per heavy atom. The number of aromatic nitrogens is 1. The fourth-order valence-electron chi connectivity index (χ4n) is 3.02. The number of pyridine rings is 1. The van der Waals surface area contributed by atoms with Gasteiger partial charge in [-0.15, -0.1) is 0 Å². The molecule has 0 atom stereocenters. The third-order valence-corrected chi connectivity index (χ3v) is 4.06. The minimum Gasteiger partial charge on any atom is -0.478 e. The van der Waals surface area contributed by atoms with Crippen molar-refractivity contribution in [3.8, 4) is 0 Å². The van der Waals surface area contributed by atoms with Crippen molar-refractivity contribution in [3.63, 3.8) is 0 Å². The van der Waals surface area contributed by atoms with Gasteiger partial charge in [0, 0.05) is 17.0 Å². The third kappa shape index (κ3) is 2.26. The lowest BCUT2D eigenvalue weighted by Crippen LogP contribution is -2.09. The van der Waals surface area contributed by atoms with Crippen molar-refractivity contribution in [2.75, 3.05) is 0 Å². The molecule has 1 fully saturated rings. The van der Waals surface area contributed by atoms with Gasteiger partial charge >= 0.3 is 5.97 Å². The number of hydrogen-bond acceptors (Lipinski definition) is 2. The van der Waals surface area contributed by atoms with E-state index in [-0.39, 0.29) is 17.0 Å². The van der Waals surface area contributed by atoms with Gasteiger partial charge in [-0.05, 0) is 25.0 Å². The molecule has 1 aliphatic rings. The van der Waals surface area contributed by atoms with Gasteiger partial charge in [-0.3, -0.25) is 0 Å². The first-order chi connectivity index (χ1) is 9.66. The average Bonchev–Trinajstić information content (AvgIpc) is 2.47. The van der Waals surface area contributed by atoms with Crippen molar-refractivity contribution in [3.05, 3.63) is 41.3 Å². The first-order valence-electron chi connectivity index (χ1n) is 6.99. The molecule has 1 aromatic carbocycles. The minimum atomic E-state index is -1.03. The monoisotopic (exact) mass is 273 g/mol. The molecule has 1 heterocycles. The van der Waals surface area contributed by atoms with Crippen LogP contribution in [-0.2, 0) is 0 Å². The van der Waals surface area contributed by atoms with Gasteiger partial charge in [0.25, 0.3) is 0 Å². The van der Waals surface area contributed by atoms with Crippen molar-refractivity contribution in [1.82, 2.24) is 4.98 Å². The quantitative estimate of drug-likeness (QED) is 0.895. The van der Waals surface area contributed by atoms with E-state index in [0.717, 1.165) is 31.4 Å². The molecule has 1 N–H and O–H groups in total. The highest BCUT2D eigenvalue weighted by molar-refractivity contribution is 6.02. The Morgan fingerprint density at radius 3 is 2.70 bits per heavy atom. The van der Waals surface area contributed by atoms with Crippen LogP contribution < -0.4 is 0 Å². The molecular weight excluding hydrogens is 257 g/mol. The summed E-state index contributed by atoms with van der Waals surface area (Å²) >= 11 is 0. The largest absolute Gasteiger partial charge is 0.478 e. The van der Waals surface area contributed by atoms with Crippen LogP contribution in [0.3, 0.4) is 0 Å². The van der Waals surface area contributed by atoms with Gasteiger partial charge in [0.15, 0.2) is 0 Å². The predicted molar refractivity (Wildman–Crippen MR) is 74.5 cm³/mol. The van der Waals surface area contributed by atoms with E-state index in [2.05, 4.69) is 4.98 Å². The maximum atomic E-state index is 13.9. The van der Waals surface area contributed by atoms with Crippen LogP contribution in [0.4, 0.5) is 4.39 Å². The first-order valence-corrected chi connectivity index (χ1v) is 6.99. The summed E-state index contributed by atoms with van der Waals surface area (Å²) in [6.45, 7) is 0. The third-order valence-electron chi connectivity index (χ3n) is 4.06. The molecule has 20 heavy (non-hydrogen) atoms. The van der Waals surface area contributed by atoms with Gasteiger partial charge in [-0.1, -0.05) is 31.4 Å². The zero-order valence-corrected chi connectivity index (χ0v) is 11.1. The maximum absolute atomic E-state index is 13.9. The summed E-state index contributed by atoms with van der Waals surface area (Å²) < 4.78 is 13.9. The molecule has 0 aliphatic heterocycles. The van der Waals surface area contributed by atoms with Crippen LogP contribution in [0.15, 0.2) is 24.3 Å². The van der Waals surface area contributed by atoms with Gasteiger partial charge in [0.05, 0.1) is 5.56 Å². The number of nitrogens with zero attached hydrogens (tertiary/aromatic N) is 1. The highest BCUT2D eigenvalue weighted by Gasteiger charge is 2.21. The lowest BCUT2D eigenvalue weighted by molar-refractivity contribution is 0.0699. The van der Waals surface area contributed by atoms with E-state index in [1.165, 1.54) is 18.6 Å². The first kappa shape index (κ1) is 13.0. The number of para-hydroxylation sites is 1. The second kappa shape index (κ2) is 5.19. The topological polar surface area (TPSA) is 50.2 Å². The maximum Gasteiger partial charge on any atom is 0.336 e. The van der Waals surface area contributed by atoms with Crippen LogP contribution in [0, 0.1) is 5.82 Å². The second-order valence-corrected chi connectivity index (χ2v) is 5.37. The molecule has 0 saturated heterocycles. The van der Waals surface area contributed by atoms with E-state index in [9.17, 15) is 14.3 Å². The Kier molecular flexibility index (Phi) is 3.38. The molecule has 3 nitrogen and oxygen atoms in total. The zero-order valence-electron chi connectivity index (χ0n) is 11.1. The van der Waals surface area contributed by atoms with E-state index in [1.807, 2.05) is 0 Å². The Bertz CT molecular complexity index is 663. The Balaban J connectivity index is 2.18. The average molecular weight is 273 g/mol. The summed E-state index contributed by atoms with van der Waals surface area (Å²) in [6, 6.07) is 6.08. The summed E-state index contributed by atoms with van der Waals surface area (Å²) in [4.78, 5) is 15.8. The van der Waals surface area contributed by atoms with Crippen molar-refractivity contribution >= 4 is 16.9 Å². The van der Waals surface area contributed by atoms with Gasteiger partial charge in [-0.25, -0.2) is 14.2 Å². The van der Waals surface area contributed by atoms with E-state index in [0.29, 0.717) is 5.39 Å². The summed E-state index contributed by atoms with van der Waals surface area (Å²) in [5.41, 5.74) is 1.04. The number of aromatic carboxylic acids is 1. The standard InChI is InChI=1S/C16H16FNO2/c17-13-8-4-7-11-12(16(19)20)9-14(18-15(11)13)10-5-2-1-3-6-10/h4,7-10H,1-3,5-6H2,(H,19,20). The van der Waals surface area contributed by atoms with E-state index < -0.39 is 11.8 Å². The zero-order chi connectivity index (χ0) is 14.1. The molecule has 0 unspecified atom stereocenters. The van der Waals surface area contributed by atoms with Crippen LogP contribution in [0.5, 0.6) is 0 Å². The fraction of sp³-hybridized carbons (Fsp3) is 0.375. The van der Waals surface area contributed by atoms with Crippen LogP contribution in [0.1, 0.15) is 54.1 Å². The highest BCUT2D eigenvalue weighted by Crippen LogP contribution is 2.33. The van der Waals surface area contributed by atoms with Crippen LogP contribution >= 0.6 is 0 Å². The van der Waals surface area contributed by atoms with Gasteiger partial charge in [0.2, 0.25) is 0 Å². The number of carboxylic acids is 1. The number of carbonyl (C=O) groups is 1. The normalized spacial score (nSPS) is 16.4. The molecular formula is C16H16FNO2. The SMILES string of the molecule is O=C(O)c1cc(C2CCCCC2)nc2c(F)cccc12. The number of fused-ring (bicyclic) bond motifs is 1. The predicted octanol–water partition coefficient (Wildman–Crippen LogP) is 4.12. The summed E-state index contributed by atoms with van der Waals surface area (Å²) in [6.07, 6.45) is 5.48. The van der Waals surface area contributed by atoms with Crippen molar-refractivity contribution in [2.45, 2.75) is 38.0 Å². The number of rotatable bonds is 2.